The molecule has 0 heterocycles. The lowest BCUT2D eigenvalue weighted by Crippen LogP contribution is -1.85. The lowest BCUT2D eigenvalue weighted by molar-refractivity contribution is 1.63. The highest BCUT2D eigenvalue weighted by Crippen LogP contribution is 2.50. The van der Waals surface area contributed by atoms with Crippen molar-refractivity contribution >= 4 is 43.1 Å². The maximum Gasteiger partial charge on any atom is -0.00201 e. The highest BCUT2D eigenvalue weighted by molar-refractivity contribution is 6.20. The first kappa shape index (κ1) is 25.4. The summed E-state index contributed by atoms with van der Waals surface area (Å²) in [6.07, 6.45) is 0. The van der Waals surface area contributed by atoms with Gasteiger partial charge in [0.15, 0.2) is 0 Å². The average molecular weight is 581 g/mol. The minimum atomic E-state index is 1.24. The molecule has 0 nitrogen and oxygen atoms in total. The number of hydrogen-bond acceptors (Lipinski definition) is 0. The third-order valence-corrected chi connectivity index (χ3v) is 9.94. The van der Waals surface area contributed by atoms with Crippen LogP contribution in [0, 0.1) is 0 Å². The minimum absolute atomic E-state index is 1.24. The predicted octanol–water partition coefficient (Wildman–Crippen LogP) is 12.9. The van der Waals surface area contributed by atoms with Gasteiger partial charge in [-0.2, -0.15) is 0 Å². The summed E-state index contributed by atoms with van der Waals surface area (Å²) in [5.74, 6) is 0. The topological polar surface area (TPSA) is 0 Å². The first-order chi connectivity index (χ1) is 22.8. The predicted molar refractivity (Wildman–Crippen MR) is 197 cm³/mol. The van der Waals surface area contributed by atoms with Crippen molar-refractivity contribution in [3.05, 3.63) is 170 Å². The van der Waals surface area contributed by atoms with Crippen LogP contribution in [0.1, 0.15) is 0 Å². The molecule has 212 valence electrons. The molecule has 0 heteroatoms. The summed E-state index contributed by atoms with van der Waals surface area (Å²) in [6.45, 7) is 0. The SMILES string of the molecule is c1ccc(-c2ccc3cc(-c4ccc5cc(-c6ccc7c8c(cccc68)-c6cc8ccccc8cc6-7)ccc5c4)ccc3c2)cc1. The van der Waals surface area contributed by atoms with Crippen molar-refractivity contribution in [2.24, 2.45) is 0 Å². The van der Waals surface area contributed by atoms with E-state index in [-0.39, 0.29) is 0 Å². The molecule has 10 rings (SSSR count). The quantitative estimate of drug-likeness (QED) is 0.195. The van der Waals surface area contributed by atoms with E-state index in [0.717, 1.165) is 0 Å². The van der Waals surface area contributed by atoms with E-state index in [9.17, 15) is 0 Å². The van der Waals surface area contributed by atoms with Gasteiger partial charge < -0.3 is 0 Å². The van der Waals surface area contributed by atoms with Crippen LogP contribution in [0.25, 0.3) is 98.7 Å². The Hall–Kier alpha value is -5.98. The van der Waals surface area contributed by atoms with Gasteiger partial charge >= 0.3 is 0 Å². The van der Waals surface area contributed by atoms with Crippen LogP contribution >= 0.6 is 0 Å². The highest BCUT2D eigenvalue weighted by atomic mass is 14.3. The van der Waals surface area contributed by atoms with Crippen molar-refractivity contribution in [1.82, 2.24) is 0 Å². The van der Waals surface area contributed by atoms with E-state index >= 15 is 0 Å². The summed E-state index contributed by atoms with van der Waals surface area (Å²) < 4.78 is 0. The molecule has 0 saturated heterocycles. The molecule has 1 aliphatic carbocycles. The lowest BCUT2D eigenvalue weighted by Gasteiger charge is -2.12. The van der Waals surface area contributed by atoms with Crippen LogP contribution in [0.3, 0.4) is 0 Å². The van der Waals surface area contributed by atoms with E-state index < -0.39 is 0 Å². The molecule has 0 unspecified atom stereocenters. The van der Waals surface area contributed by atoms with Crippen molar-refractivity contribution in [2.45, 2.75) is 0 Å². The summed E-state index contributed by atoms with van der Waals surface area (Å²) in [6, 6.07) is 62.8. The van der Waals surface area contributed by atoms with Crippen LogP contribution in [0.5, 0.6) is 0 Å². The number of rotatable bonds is 3. The van der Waals surface area contributed by atoms with Crippen LogP contribution in [0.4, 0.5) is 0 Å². The first-order valence-electron chi connectivity index (χ1n) is 16.0. The van der Waals surface area contributed by atoms with Crippen molar-refractivity contribution in [1.29, 1.82) is 0 Å². The summed E-state index contributed by atoms with van der Waals surface area (Å²) in [7, 11) is 0. The van der Waals surface area contributed by atoms with E-state index in [1.807, 2.05) is 0 Å². The molecule has 1 aliphatic rings. The number of fused-ring (bicyclic) bond motifs is 6. The fourth-order valence-corrected chi connectivity index (χ4v) is 7.62. The Kier molecular flexibility index (Phi) is 5.38. The van der Waals surface area contributed by atoms with Gasteiger partial charge in [0, 0.05) is 0 Å². The minimum Gasteiger partial charge on any atom is -0.0622 e. The van der Waals surface area contributed by atoms with Crippen molar-refractivity contribution in [2.75, 3.05) is 0 Å². The van der Waals surface area contributed by atoms with Gasteiger partial charge in [-0.15, -0.1) is 0 Å². The molecule has 0 aliphatic heterocycles. The van der Waals surface area contributed by atoms with Gasteiger partial charge in [-0.1, -0.05) is 133 Å². The Bertz CT molecular complexity index is 2630. The third-order valence-electron chi connectivity index (χ3n) is 9.94. The molecule has 9 aromatic rings. The van der Waals surface area contributed by atoms with E-state index in [0.29, 0.717) is 0 Å². The average Bonchev–Trinajstić information content (AvgIpc) is 3.44. The van der Waals surface area contributed by atoms with Crippen LogP contribution in [-0.4, -0.2) is 0 Å². The van der Waals surface area contributed by atoms with Gasteiger partial charge in [0.1, 0.15) is 0 Å². The molecule has 46 heavy (non-hydrogen) atoms. The number of benzene rings is 9. The molecular formula is C46H28. The van der Waals surface area contributed by atoms with Crippen LogP contribution in [0.15, 0.2) is 170 Å². The van der Waals surface area contributed by atoms with Gasteiger partial charge in [-0.05, 0) is 135 Å². The molecule has 0 spiro atoms. The smallest absolute Gasteiger partial charge is 0.00201 e. The second-order valence-corrected chi connectivity index (χ2v) is 12.6. The highest BCUT2D eigenvalue weighted by Gasteiger charge is 2.23. The van der Waals surface area contributed by atoms with E-state index in [1.54, 1.807) is 0 Å². The Morgan fingerprint density at radius 2 is 0.674 bits per heavy atom. The maximum atomic E-state index is 2.37. The van der Waals surface area contributed by atoms with Crippen molar-refractivity contribution in [3.63, 3.8) is 0 Å². The molecule has 0 N–H and O–H groups in total. The van der Waals surface area contributed by atoms with Crippen molar-refractivity contribution in [3.8, 4) is 55.6 Å². The number of hydrogen-bond donors (Lipinski definition) is 0. The summed E-state index contributed by atoms with van der Waals surface area (Å²) in [5, 5.41) is 10.3. The van der Waals surface area contributed by atoms with Crippen LogP contribution in [-0.2, 0) is 0 Å². The van der Waals surface area contributed by atoms with E-state index in [4.69, 9.17) is 0 Å². The summed E-state index contributed by atoms with van der Waals surface area (Å²) >= 11 is 0. The van der Waals surface area contributed by atoms with Crippen molar-refractivity contribution < 1.29 is 0 Å². The Morgan fingerprint density at radius 1 is 0.217 bits per heavy atom. The molecular weight excluding hydrogens is 553 g/mol. The fourth-order valence-electron chi connectivity index (χ4n) is 7.62. The van der Waals surface area contributed by atoms with Gasteiger partial charge in [0.2, 0.25) is 0 Å². The third kappa shape index (κ3) is 3.87. The van der Waals surface area contributed by atoms with Gasteiger partial charge in [-0.25, -0.2) is 0 Å². The Balaban J connectivity index is 1.03. The van der Waals surface area contributed by atoms with E-state index in [2.05, 4.69) is 170 Å². The zero-order valence-electron chi connectivity index (χ0n) is 25.2. The van der Waals surface area contributed by atoms with Crippen LogP contribution in [0.2, 0.25) is 0 Å². The monoisotopic (exact) mass is 580 g/mol. The molecule has 0 aromatic heterocycles. The molecule has 0 fully saturated rings. The maximum absolute atomic E-state index is 2.37. The van der Waals surface area contributed by atoms with Crippen LogP contribution < -0.4 is 0 Å². The molecule has 0 bridgehead atoms. The standard InChI is InChI=1S/C46H28/c1-2-7-29(8-3-1)32-13-14-34-24-35(16-15-33(34)23-32)36-17-18-38-26-39(20-19-37(38)25-36)40-21-22-43-45-28-31-10-5-4-9-30(31)27-44(45)42-12-6-11-41(40)46(42)43/h1-28H. The molecule has 0 saturated carbocycles. The molecule has 9 aromatic carbocycles. The zero-order valence-corrected chi connectivity index (χ0v) is 25.2. The summed E-state index contributed by atoms with van der Waals surface area (Å²) in [4.78, 5) is 0. The molecule has 0 amide bonds. The Morgan fingerprint density at radius 3 is 1.28 bits per heavy atom. The first-order valence-corrected chi connectivity index (χ1v) is 16.0. The van der Waals surface area contributed by atoms with Gasteiger partial charge in [0.05, 0.1) is 0 Å². The lowest BCUT2D eigenvalue weighted by atomic mass is 9.92. The summed E-state index contributed by atoms with van der Waals surface area (Å²) in [5.41, 5.74) is 12.9. The van der Waals surface area contributed by atoms with Gasteiger partial charge in [-0.3, -0.25) is 0 Å². The zero-order chi connectivity index (χ0) is 30.2. The normalized spacial score (nSPS) is 11.9. The van der Waals surface area contributed by atoms with E-state index in [1.165, 1.54) is 98.7 Å². The fraction of sp³-hybridized carbons (Fsp3) is 0. The van der Waals surface area contributed by atoms with Gasteiger partial charge in [0.25, 0.3) is 0 Å². The molecule has 0 radical (unpaired) electrons. The molecule has 0 atom stereocenters. The second kappa shape index (κ2) is 9.76. The second-order valence-electron chi connectivity index (χ2n) is 12.6. The largest absolute Gasteiger partial charge is 0.0622 e. The Labute approximate surface area is 267 Å².